The molecular formula is C16H11F4N3O4. The van der Waals surface area contributed by atoms with Gasteiger partial charge in [-0.3, -0.25) is 19.8 Å². The molecular weight excluding hydrogens is 374 g/mol. The average molecular weight is 385 g/mol. The van der Waals surface area contributed by atoms with Crippen LogP contribution in [0.2, 0.25) is 0 Å². The predicted molar refractivity (Wildman–Crippen MR) is 80.4 cm³/mol. The molecule has 27 heavy (non-hydrogen) atoms. The first kappa shape index (κ1) is 18.4. The molecule has 1 aromatic carbocycles. The lowest BCUT2D eigenvalue weighted by Gasteiger charge is -2.29. The topological polar surface area (TPSA) is 91.7 Å². The van der Waals surface area contributed by atoms with E-state index in [4.69, 9.17) is 4.42 Å². The van der Waals surface area contributed by atoms with Crippen LogP contribution in [0.4, 0.5) is 22.4 Å². The number of nitrogens with zero attached hydrogens (tertiary/aromatic N) is 1. The van der Waals surface area contributed by atoms with Crippen LogP contribution < -0.4 is 10.6 Å². The summed E-state index contributed by atoms with van der Waals surface area (Å²) in [6.45, 7) is -0.554. The Labute approximate surface area is 148 Å². The molecule has 0 saturated carbocycles. The minimum Gasteiger partial charge on any atom is -0.467 e. The highest BCUT2D eigenvalue weighted by Gasteiger charge is 2.68. The Kier molecular flexibility index (Phi) is 4.38. The van der Waals surface area contributed by atoms with Gasteiger partial charge >= 0.3 is 12.2 Å². The smallest absolute Gasteiger partial charge is 0.440 e. The molecule has 0 aliphatic carbocycles. The highest BCUT2D eigenvalue weighted by atomic mass is 19.4. The van der Waals surface area contributed by atoms with Gasteiger partial charge in [-0.25, -0.2) is 9.18 Å². The van der Waals surface area contributed by atoms with Gasteiger partial charge in [-0.2, -0.15) is 13.2 Å². The minimum absolute atomic E-state index is 0.0707. The van der Waals surface area contributed by atoms with E-state index in [9.17, 15) is 31.9 Å². The molecule has 1 atom stereocenters. The van der Waals surface area contributed by atoms with Crippen molar-refractivity contribution in [1.29, 1.82) is 0 Å². The van der Waals surface area contributed by atoms with Gasteiger partial charge < -0.3 is 9.73 Å². The first-order chi connectivity index (χ1) is 12.6. The van der Waals surface area contributed by atoms with Crippen molar-refractivity contribution in [2.24, 2.45) is 0 Å². The summed E-state index contributed by atoms with van der Waals surface area (Å²) >= 11 is 0. The summed E-state index contributed by atoms with van der Waals surface area (Å²) in [7, 11) is 0. The number of carbonyl (C=O) groups is 3. The number of urea groups is 1. The van der Waals surface area contributed by atoms with Gasteiger partial charge in [-0.1, -0.05) is 0 Å². The van der Waals surface area contributed by atoms with Crippen molar-refractivity contribution < 1.29 is 36.4 Å². The Morgan fingerprint density at radius 1 is 1.19 bits per heavy atom. The Morgan fingerprint density at radius 2 is 1.85 bits per heavy atom. The molecule has 2 N–H and O–H groups in total. The van der Waals surface area contributed by atoms with Crippen molar-refractivity contribution in [1.82, 2.24) is 15.5 Å². The molecule has 0 bridgehead atoms. The third-order valence-electron chi connectivity index (χ3n) is 3.83. The molecule has 142 valence electrons. The number of rotatable bonds is 4. The molecule has 7 nitrogen and oxygen atoms in total. The van der Waals surface area contributed by atoms with Crippen LogP contribution in [0.15, 0.2) is 47.1 Å². The van der Waals surface area contributed by atoms with Gasteiger partial charge in [-0.15, -0.1) is 0 Å². The summed E-state index contributed by atoms with van der Waals surface area (Å²) in [6.07, 6.45) is -4.12. The van der Waals surface area contributed by atoms with E-state index in [2.05, 4.69) is 0 Å². The van der Waals surface area contributed by atoms with Crippen LogP contribution in [0.25, 0.3) is 0 Å². The summed E-state index contributed by atoms with van der Waals surface area (Å²) in [6, 6.07) is 5.06. The van der Waals surface area contributed by atoms with Gasteiger partial charge in [0.15, 0.2) is 0 Å². The van der Waals surface area contributed by atoms with Crippen LogP contribution in [0, 0.1) is 5.82 Å². The van der Waals surface area contributed by atoms with Crippen LogP contribution >= 0.6 is 0 Å². The van der Waals surface area contributed by atoms with Gasteiger partial charge in [0, 0.05) is 5.56 Å². The van der Waals surface area contributed by atoms with E-state index in [-0.39, 0.29) is 16.2 Å². The van der Waals surface area contributed by atoms with Crippen molar-refractivity contribution in [3.8, 4) is 0 Å². The van der Waals surface area contributed by atoms with Crippen molar-refractivity contribution in [3.63, 3.8) is 0 Å². The SMILES string of the molecule is O=C(N[C@@]1(C(F)(F)F)NC(=O)N(Cc2ccco2)C1=O)c1ccc(F)cc1. The number of hydrogen-bond donors (Lipinski definition) is 2. The second kappa shape index (κ2) is 6.41. The second-order valence-corrected chi connectivity index (χ2v) is 5.61. The minimum atomic E-state index is -5.34. The summed E-state index contributed by atoms with van der Waals surface area (Å²) in [4.78, 5) is 36.9. The standard InChI is InChI=1S/C16H11F4N3O4/c17-10-5-3-9(4-6-10)12(24)21-15(16(18,19)20)13(25)23(14(26)22-15)8-11-2-1-7-27-11/h1-7H,8H2,(H,21,24)(H,22,26)/t15-/m1/s1. The van der Waals surface area contributed by atoms with E-state index in [1.807, 2.05) is 0 Å². The maximum absolute atomic E-state index is 13.7. The number of nitrogens with one attached hydrogen (secondary N) is 2. The van der Waals surface area contributed by atoms with Crippen LogP contribution in [0.1, 0.15) is 16.1 Å². The number of alkyl halides is 3. The molecule has 2 heterocycles. The van der Waals surface area contributed by atoms with Crippen LogP contribution in [0.3, 0.4) is 0 Å². The zero-order chi connectivity index (χ0) is 19.8. The molecule has 1 aromatic heterocycles. The van der Waals surface area contributed by atoms with Gasteiger partial charge in [-0.05, 0) is 36.4 Å². The quantitative estimate of drug-likeness (QED) is 0.623. The fourth-order valence-corrected chi connectivity index (χ4v) is 2.47. The number of amides is 4. The third kappa shape index (κ3) is 3.23. The summed E-state index contributed by atoms with van der Waals surface area (Å²) < 4.78 is 58.9. The fourth-order valence-electron chi connectivity index (χ4n) is 2.47. The van der Waals surface area contributed by atoms with E-state index in [1.54, 1.807) is 0 Å². The normalized spacial score (nSPS) is 19.9. The number of benzene rings is 1. The van der Waals surface area contributed by atoms with Gasteiger partial charge in [0.1, 0.15) is 11.6 Å². The molecule has 0 radical (unpaired) electrons. The number of imide groups is 1. The van der Waals surface area contributed by atoms with Crippen molar-refractivity contribution >= 4 is 17.8 Å². The van der Waals surface area contributed by atoms with E-state index in [1.165, 1.54) is 29.0 Å². The lowest BCUT2D eigenvalue weighted by molar-refractivity contribution is -0.200. The molecule has 1 saturated heterocycles. The first-order valence-electron chi connectivity index (χ1n) is 7.45. The van der Waals surface area contributed by atoms with Crippen molar-refractivity contribution in [2.75, 3.05) is 0 Å². The molecule has 3 rings (SSSR count). The van der Waals surface area contributed by atoms with Crippen molar-refractivity contribution in [2.45, 2.75) is 18.4 Å². The zero-order valence-electron chi connectivity index (χ0n) is 13.3. The number of halogens is 4. The molecule has 1 aliphatic heterocycles. The molecule has 11 heteroatoms. The van der Waals surface area contributed by atoms with Gasteiger partial charge in [0.2, 0.25) is 0 Å². The maximum Gasteiger partial charge on any atom is 0.440 e. The average Bonchev–Trinajstić information content (AvgIpc) is 3.18. The number of furan rings is 1. The van der Waals surface area contributed by atoms with Crippen molar-refractivity contribution in [3.05, 3.63) is 59.8 Å². The Morgan fingerprint density at radius 3 is 2.41 bits per heavy atom. The zero-order valence-corrected chi connectivity index (χ0v) is 13.3. The van der Waals surface area contributed by atoms with Crippen LogP contribution in [-0.2, 0) is 11.3 Å². The van der Waals surface area contributed by atoms with E-state index in [0.29, 0.717) is 0 Å². The van der Waals surface area contributed by atoms with Crippen LogP contribution in [0.5, 0.6) is 0 Å². The highest BCUT2D eigenvalue weighted by molar-refractivity contribution is 6.10. The second-order valence-electron chi connectivity index (χ2n) is 5.61. The summed E-state index contributed by atoms with van der Waals surface area (Å²) in [5.41, 5.74) is -3.98. The van der Waals surface area contributed by atoms with Crippen LogP contribution in [-0.4, -0.2) is 34.6 Å². The highest BCUT2D eigenvalue weighted by Crippen LogP contribution is 2.34. The molecule has 2 aromatic rings. The van der Waals surface area contributed by atoms with Gasteiger partial charge in [0.05, 0.1) is 12.8 Å². The largest absolute Gasteiger partial charge is 0.467 e. The summed E-state index contributed by atoms with van der Waals surface area (Å²) in [5.74, 6) is -3.67. The monoisotopic (exact) mass is 385 g/mol. The van der Waals surface area contributed by atoms with E-state index in [0.717, 1.165) is 24.3 Å². The first-order valence-corrected chi connectivity index (χ1v) is 7.45. The molecule has 0 unspecified atom stereocenters. The Bertz CT molecular complexity index is 880. The lowest BCUT2D eigenvalue weighted by atomic mass is 10.1. The lowest BCUT2D eigenvalue weighted by Crippen LogP contribution is -2.69. The Balaban J connectivity index is 1.91. The van der Waals surface area contributed by atoms with E-state index >= 15 is 0 Å². The number of hydrogen-bond acceptors (Lipinski definition) is 4. The third-order valence-corrected chi connectivity index (χ3v) is 3.83. The molecule has 0 spiro atoms. The molecule has 4 amide bonds. The number of carbonyl (C=O) groups excluding carboxylic acids is 3. The van der Waals surface area contributed by atoms with Gasteiger partial charge in [0.25, 0.3) is 17.5 Å². The fraction of sp³-hybridized carbons (Fsp3) is 0.188. The Hall–Kier alpha value is -3.37. The predicted octanol–water partition coefficient (Wildman–Crippen LogP) is 2.16. The summed E-state index contributed by atoms with van der Waals surface area (Å²) in [5, 5.41) is 3.01. The maximum atomic E-state index is 13.7. The van der Waals surface area contributed by atoms with E-state index < -0.39 is 42.0 Å². The molecule has 1 aliphatic rings. The molecule has 1 fully saturated rings.